The fourth-order valence-electron chi connectivity index (χ4n) is 2.90. The minimum atomic E-state index is 0. The lowest BCUT2D eigenvalue weighted by molar-refractivity contribution is -0.131. The van der Waals surface area contributed by atoms with Crippen LogP contribution in [0.4, 0.5) is 0 Å². The van der Waals surface area contributed by atoms with Gasteiger partial charge in [-0.1, -0.05) is 24.3 Å². The Morgan fingerprint density at radius 3 is 2.17 bits per heavy atom. The minimum absolute atomic E-state index is 0. The van der Waals surface area contributed by atoms with E-state index < -0.39 is 0 Å². The molecule has 0 heterocycles. The summed E-state index contributed by atoms with van der Waals surface area (Å²) in [6.45, 7) is 14.5. The zero-order valence-corrected chi connectivity index (χ0v) is 21.6. The highest BCUT2D eigenvalue weighted by atomic mass is 127. The van der Waals surface area contributed by atoms with Gasteiger partial charge in [-0.2, -0.15) is 0 Å². The van der Waals surface area contributed by atoms with Crippen molar-refractivity contribution in [1.82, 2.24) is 20.0 Å². The third kappa shape index (κ3) is 9.33. The summed E-state index contributed by atoms with van der Waals surface area (Å²) in [5.41, 5.74) is 2.51. The minimum Gasteiger partial charge on any atom is -0.357 e. The molecule has 29 heavy (non-hydrogen) atoms. The lowest BCUT2D eigenvalue weighted by Crippen LogP contribution is -2.45. The van der Waals surface area contributed by atoms with Gasteiger partial charge < -0.3 is 15.1 Å². The molecule has 1 amide bonds. The van der Waals surface area contributed by atoms with Crippen LogP contribution in [0.25, 0.3) is 0 Å². The van der Waals surface area contributed by atoms with E-state index >= 15 is 0 Å². The molecule has 1 aromatic carbocycles. The summed E-state index contributed by atoms with van der Waals surface area (Å²) in [5, 5.41) is 3.31. The summed E-state index contributed by atoms with van der Waals surface area (Å²) in [6.07, 6.45) is 0. The highest BCUT2D eigenvalue weighted by Crippen LogP contribution is 2.14. The first-order valence-corrected chi connectivity index (χ1v) is 10.4. The number of nitrogens with zero attached hydrogens (tertiary/aromatic N) is 4. The number of carbonyl (C=O) groups excluding carboxylic acids is 1. The maximum Gasteiger partial charge on any atom is 0.242 e. The predicted octanol–water partition coefficient (Wildman–Crippen LogP) is 3.41. The summed E-state index contributed by atoms with van der Waals surface area (Å²) in [5.74, 6) is 0.882. The first-order valence-electron chi connectivity index (χ1n) is 10.4. The molecule has 0 aliphatic rings. The van der Waals surface area contributed by atoms with Crippen LogP contribution in [0.3, 0.4) is 0 Å². The maximum absolute atomic E-state index is 12.4. The van der Waals surface area contributed by atoms with Gasteiger partial charge >= 0.3 is 0 Å². The smallest absolute Gasteiger partial charge is 0.242 e. The van der Waals surface area contributed by atoms with Crippen molar-refractivity contribution >= 4 is 35.8 Å². The van der Waals surface area contributed by atoms with Crippen LogP contribution in [0.2, 0.25) is 0 Å². The molecule has 0 saturated carbocycles. The first-order chi connectivity index (χ1) is 13.3. The molecular formula is C22H40IN5O. The Balaban J connectivity index is 0.00000784. The number of aliphatic imine (C=N–C) groups is 1. The molecule has 0 saturated heterocycles. The summed E-state index contributed by atoms with van der Waals surface area (Å²) < 4.78 is 0. The zero-order chi connectivity index (χ0) is 21.1. The SMILES string of the molecule is CCNC(=NCc1ccccc1CN(C)C(C)C)N(C)CC(=O)N(CC)CC.I. The molecule has 166 valence electrons. The van der Waals surface area contributed by atoms with E-state index in [0.29, 0.717) is 19.1 Å². The number of rotatable bonds is 10. The molecule has 0 spiro atoms. The molecule has 0 aliphatic carbocycles. The molecule has 0 atom stereocenters. The summed E-state index contributed by atoms with van der Waals surface area (Å²) in [4.78, 5) is 23.3. The van der Waals surface area contributed by atoms with E-state index in [-0.39, 0.29) is 29.9 Å². The second-order valence-corrected chi connectivity index (χ2v) is 7.37. The second kappa shape index (κ2) is 14.6. The highest BCUT2D eigenvalue weighted by molar-refractivity contribution is 14.0. The Morgan fingerprint density at radius 1 is 1.07 bits per heavy atom. The molecule has 0 aliphatic heterocycles. The largest absolute Gasteiger partial charge is 0.357 e. The van der Waals surface area contributed by atoms with Gasteiger partial charge in [0.1, 0.15) is 0 Å². The molecule has 0 bridgehead atoms. The van der Waals surface area contributed by atoms with Crippen molar-refractivity contribution < 1.29 is 4.79 Å². The van der Waals surface area contributed by atoms with Crippen LogP contribution in [-0.2, 0) is 17.9 Å². The van der Waals surface area contributed by atoms with Crippen LogP contribution in [0.1, 0.15) is 45.7 Å². The molecule has 1 rings (SSSR count). The van der Waals surface area contributed by atoms with E-state index in [1.807, 2.05) is 37.6 Å². The van der Waals surface area contributed by atoms with Crippen molar-refractivity contribution in [2.75, 3.05) is 40.3 Å². The molecule has 1 N–H and O–H groups in total. The Bertz CT molecular complexity index is 631. The summed E-state index contributed by atoms with van der Waals surface area (Å²) in [6, 6.07) is 8.94. The fraction of sp³-hybridized carbons (Fsp3) is 0.636. The van der Waals surface area contributed by atoms with Gasteiger partial charge in [-0.15, -0.1) is 24.0 Å². The van der Waals surface area contributed by atoms with E-state index in [0.717, 1.165) is 32.1 Å². The van der Waals surface area contributed by atoms with E-state index in [1.165, 1.54) is 11.1 Å². The van der Waals surface area contributed by atoms with E-state index in [4.69, 9.17) is 4.99 Å². The average molecular weight is 518 g/mol. The third-order valence-electron chi connectivity index (χ3n) is 5.00. The van der Waals surface area contributed by atoms with Crippen molar-refractivity contribution in [3.05, 3.63) is 35.4 Å². The lowest BCUT2D eigenvalue weighted by Gasteiger charge is -2.26. The number of carbonyl (C=O) groups is 1. The molecule has 1 aromatic rings. The van der Waals surface area contributed by atoms with Crippen molar-refractivity contribution in [2.45, 2.75) is 53.8 Å². The van der Waals surface area contributed by atoms with E-state index in [2.05, 4.69) is 55.4 Å². The van der Waals surface area contributed by atoms with Gasteiger partial charge in [-0.3, -0.25) is 9.69 Å². The Hall–Kier alpha value is -1.35. The Morgan fingerprint density at radius 2 is 1.66 bits per heavy atom. The van der Waals surface area contributed by atoms with Gasteiger partial charge in [-0.05, 0) is 52.8 Å². The van der Waals surface area contributed by atoms with Crippen molar-refractivity contribution in [3.8, 4) is 0 Å². The lowest BCUT2D eigenvalue weighted by atomic mass is 10.1. The average Bonchev–Trinajstić information content (AvgIpc) is 2.66. The van der Waals surface area contributed by atoms with E-state index in [1.54, 1.807) is 0 Å². The molecular weight excluding hydrogens is 477 g/mol. The van der Waals surface area contributed by atoms with Crippen LogP contribution in [0.5, 0.6) is 0 Å². The number of amides is 1. The molecule has 6 nitrogen and oxygen atoms in total. The number of nitrogens with one attached hydrogen (secondary N) is 1. The summed E-state index contributed by atoms with van der Waals surface area (Å²) >= 11 is 0. The normalized spacial score (nSPS) is 11.4. The Labute approximate surface area is 194 Å². The van der Waals surface area contributed by atoms with E-state index in [9.17, 15) is 4.79 Å². The van der Waals surface area contributed by atoms with Gasteiger partial charge in [0.05, 0.1) is 13.1 Å². The number of hydrogen-bond donors (Lipinski definition) is 1. The van der Waals surface area contributed by atoms with Crippen LogP contribution < -0.4 is 5.32 Å². The number of hydrogen-bond acceptors (Lipinski definition) is 3. The second-order valence-electron chi connectivity index (χ2n) is 7.37. The number of halogens is 1. The standard InChI is InChI=1S/C22H39N5O.HI/c1-8-23-22(26(7)17-21(28)27(9-2)10-3)24-15-19-13-11-12-14-20(19)16-25(6)18(4)5;/h11-14,18H,8-10,15-17H2,1-7H3,(H,23,24);1H. The van der Waals surface area contributed by atoms with Crippen LogP contribution in [-0.4, -0.2) is 72.9 Å². The van der Waals surface area contributed by atoms with Crippen LogP contribution in [0.15, 0.2) is 29.3 Å². The molecule has 0 radical (unpaired) electrons. The van der Waals surface area contributed by atoms with Crippen LogP contribution in [0, 0.1) is 0 Å². The molecule has 0 aromatic heterocycles. The molecule has 7 heteroatoms. The van der Waals surface area contributed by atoms with Gasteiger partial charge in [0.2, 0.25) is 5.91 Å². The zero-order valence-electron chi connectivity index (χ0n) is 19.2. The van der Waals surface area contributed by atoms with Gasteiger partial charge in [0.15, 0.2) is 5.96 Å². The topological polar surface area (TPSA) is 51.2 Å². The number of guanidine groups is 1. The maximum atomic E-state index is 12.4. The highest BCUT2D eigenvalue weighted by Gasteiger charge is 2.15. The van der Waals surface area contributed by atoms with Crippen molar-refractivity contribution in [2.24, 2.45) is 4.99 Å². The third-order valence-corrected chi connectivity index (χ3v) is 5.00. The summed E-state index contributed by atoms with van der Waals surface area (Å²) in [7, 11) is 4.06. The quantitative estimate of drug-likeness (QED) is 0.294. The number of likely N-dealkylation sites (N-methyl/N-ethyl adjacent to an activating group) is 2. The van der Waals surface area contributed by atoms with Gasteiger partial charge in [0, 0.05) is 39.3 Å². The first kappa shape index (κ1) is 27.6. The van der Waals surface area contributed by atoms with Gasteiger partial charge in [-0.25, -0.2) is 4.99 Å². The van der Waals surface area contributed by atoms with Gasteiger partial charge in [0.25, 0.3) is 0 Å². The van der Waals surface area contributed by atoms with Crippen molar-refractivity contribution in [1.29, 1.82) is 0 Å². The predicted molar refractivity (Wildman–Crippen MR) is 134 cm³/mol. The Kier molecular flexibility index (Phi) is 13.9. The fourth-order valence-corrected chi connectivity index (χ4v) is 2.90. The monoisotopic (exact) mass is 517 g/mol. The van der Waals surface area contributed by atoms with Crippen molar-refractivity contribution in [3.63, 3.8) is 0 Å². The van der Waals surface area contributed by atoms with Crippen LogP contribution >= 0.6 is 24.0 Å². The molecule has 0 fully saturated rings. The molecule has 0 unspecified atom stereocenters. The number of benzene rings is 1.